The SMILES string of the molecule is COc1ccc(CCNC(=O)c2ccc(Nc3cccc(Cl)c3C)cn2)cc1. The van der Waals surface area contributed by atoms with Gasteiger partial charge in [-0.05, 0) is 60.9 Å². The van der Waals surface area contributed by atoms with Crippen LogP contribution in [-0.2, 0) is 6.42 Å². The van der Waals surface area contributed by atoms with E-state index in [1.54, 1.807) is 19.4 Å². The van der Waals surface area contributed by atoms with E-state index < -0.39 is 0 Å². The summed E-state index contributed by atoms with van der Waals surface area (Å²) in [5.74, 6) is 0.623. The zero-order valence-corrected chi connectivity index (χ0v) is 16.6. The number of carbonyl (C=O) groups excluding carboxylic acids is 1. The van der Waals surface area contributed by atoms with Crippen molar-refractivity contribution >= 4 is 28.9 Å². The van der Waals surface area contributed by atoms with E-state index in [1.165, 1.54) is 0 Å². The average molecular weight is 396 g/mol. The number of halogens is 1. The molecular weight excluding hydrogens is 374 g/mol. The number of nitrogens with one attached hydrogen (secondary N) is 2. The van der Waals surface area contributed by atoms with Crippen LogP contribution in [0.4, 0.5) is 11.4 Å². The molecule has 0 bridgehead atoms. The monoisotopic (exact) mass is 395 g/mol. The van der Waals surface area contributed by atoms with Crippen LogP contribution in [0.25, 0.3) is 0 Å². The predicted molar refractivity (Wildman–Crippen MR) is 113 cm³/mol. The Balaban J connectivity index is 1.53. The molecule has 0 radical (unpaired) electrons. The summed E-state index contributed by atoms with van der Waals surface area (Å²) >= 11 is 6.14. The summed E-state index contributed by atoms with van der Waals surface area (Å²) in [6.45, 7) is 2.48. The quantitative estimate of drug-likeness (QED) is 0.605. The zero-order chi connectivity index (χ0) is 19.9. The van der Waals surface area contributed by atoms with Crippen molar-refractivity contribution in [2.45, 2.75) is 13.3 Å². The number of methoxy groups -OCH3 is 1. The molecule has 0 spiro atoms. The highest BCUT2D eigenvalue weighted by Gasteiger charge is 2.08. The third kappa shape index (κ3) is 5.02. The van der Waals surface area contributed by atoms with E-state index in [9.17, 15) is 4.79 Å². The summed E-state index contributed by atoms with van der Waals surface area (Å²) in [7, 11) is 1.64. The molecule has 0 saturated heterocycles. The van der Waals surface area contributed by atoms with Gasteiger partial charge in [-0.1, -0.05) is 29.8 Å². The highest BCUT2D eigenvalue weighted by molar-refractivity contribution is 6.31. The maximum Gasteiger partial charge on any atom is 0.269 e. The molecule has 0 unspecified atom stereocenters. The summed E-state index contributed by atoms with van der Waals surface area (Å²) in [5.41, 5.74) is 4.17. The van der Waals surface area contributed by atoms with E-state index in [1.807, 2.05) is 55.5 Å². The van der Waals surface area contributed by atoms with Crippen LogP contribution in [0, 0.1) is 6.92 Å². The first kappa shape index (κ1) is 19.7. The normalized spacial score (nSPS) is 10.4. The van der Waals surface area contributed by atoms with Gasteiger partial charge in [0.05, 0.1) is 19.0 Å². The van der Waals surface area contributed by atoms with E-state index in [0.717, 1.165) is 34.7 Å². The van der Waals surface area contributed by atoms with Crippen molar-refractivity contribution in [3.8, 4) is 5.75 Å². The number of benzene rings is 2. The Morgan fingerprint density at radius 3 is 2.57 bits per heavy atom. The van der Waals surface area contributed by atoms with Crippen molar-refractivity contribution in [2.24, 2.45) is 0 Å². The number of aromatic nitrogens is 1. The van der Waals surface area contributed by atoms with Crippen molar-refractivity contribution in [1.29, 1.82) is 0 Å². The molecule has 1 amide bonds. The Bertz CT molecular complexity index is 941. The first-order chi connectivity index (χ1) is 13.6. The molecule has 3 aromatic rings. The van der Waals surface area contributed by atoms with Crippen LogP contribution in [-0.4, -0.2) is 24.5 Å². The van der Waals surface area contributed by atoms with E-state index in [0.29, 0.717) is 17.3 Å². The summed E-state index contributed by atoms with van der Waals surface area (Å²) in [6, 6.07) is 17.0. The fraction of sp³-hybridized carbons (Fsp3) is 0.182. The van der Waals surface area contributed by atoms with Crippen LogP contribution in [0.15, 0.2) is 60.8 Å². The first-order valence-electron chi connectivity index (χ1n) is 8.96. The Morgan fingerprint density at radius 1 is 1.11 bits per heavy atom. The number of ether oxygens (including phenoxy) is 1. The molecule has 0 fully saturated rings. The number of carbonyl (C=O) groups is 1. The third-order valence-corrected chi connectivity index (χ3v) is 4.81. The molecule has 2 aromatic carbocycles. The lowest BCUT2D eigenvalue weighted by Crippen LogP contribution is -2.26. The second-order valence-electron chi connectivity index (χ2n) is 6.32. The summed E-state index contributed by atoms with van der Waals surface area (Å²) < 4.78 is 5.14. The van der Waals surface area contributed by atoms with Crippen molar-refractivity contribution in [3.05, 3.63) is 82.6 Å². The van der Waals surface area contributed by atoms with Crippen molar-refractivity contribution in [1.82, 2.24) is 10.3 Å². The maximum absolute atomic E-state index is 12.3. The molecule has 0 aliphatic rings. The van der Waals surface area contributed by atoms with Gasteiger partial charge in [-0.3, -0.25) is 4.79 Å². The lowest BCUT2D eigenvalue weighted by molar-refractivity contribution is 0.0949. The van der Waals surface area contributed by atoms with Crippen LogP contribution in [0.5, 0.6) is 5.75 Å². The number of pyridine rings is 1. The fourth-order valence-corrected chi connectivity index (χ4v) is 2.88. The second-order valence-corrected chi connectivity index (χ2v) is 6.73. The summed E-state index contributed by atoms with van der Waals surface area (Å²) in [6.07, 6.45) is 2.38. The van der Waals surface area contributed by atoms with Crippen LogP contribution in [0.1, 0.15) is 21.6 Å². The Morgan fingerprint density at radius 2 is 1.89 bits per heavy atom. The number of nitrogens with zero attached hydrogens (tertiary/aromatic N) is 1. The van der Waals surface area contributed by atoms with Gasteiger partial charge in [0.2, 0.25) is 0 Å². The summed E-state index contributed by atoms with van der Waals surface area (Å²) in [4.78, 5) is 16.5. The summed E-state index contributed by atoms with van der Waals surface area (Å²) in [5, 5.41) is 6.86. The molecule has 28 heavy (non-hydrogen) atoms. The molecule has 0 atom stereocenters. The van der Waals surface area contributed by atoms with Crippen molar-refractivity contribution in [2.75, 3.05) is 19.0 Å². The number of amides is 1. The second kappa shape index (κ2) is 9.24. The van der Waals surface area contributed by atoms with Gasteiger partial charge < -0.3 is 15.4 Å². The van der Waals surface area contributed by atoms with Crippen LogP contribution >= 0.6 is 11.6 Å². The van der Waals surface area contributed by atoms with Gasteiger partial charge in [-0.2, -0.15) is 0 Å². The molecule has 5 nitrogen and oxygen atoms in total. The van der Waals surface area contributed by atoms with E-state index in [2.05, 4.69) is 15.6 Å². The van der Waals surface area contributed by atoms with Crippen LogP contribution < -0.4 is 15.4 Å². The largest absolute Gasteiger partial charge is 0.497 e. The van der Waals surface area contributed by atoms with E-state index in [-0.39, 0.29) is 5.91 Å². The number of rotatable bonds is 7. The Labute approximate surface area is 169 Å². The Hall–Kier alpha value is -3.05. The minimum atomic E-state index is -0.195. The van der Waals surface area contributed by atoms with E-state index in [4.69, 9.17) is 16.3 Å². The van der Waals surface area contributed by atoms with Gasteiger partial charge in [-0.25, -0.2) is 4.98 Å². The number of anilines is 2. The minimum Gasteiger partial charge on any atom is -0.497 e. The molecule has 144 valence electrons. The van der Waals surface area contributed by atoms with Gasteiger partial charge in [0.15, 0.2) is 0 Å². The van der Waals surface area contributed by atoms with Gasteiger partial charge >= 0.3 is 0 Å². The smallest absolute Gasteiger partial charge is 0.269 e. The van der Waals surface area contributed by atoms with E-state index >= 15 is 0 Å². The van der Waals surface area contributed by atoms with Gasteiger partial charge in [0, 0.05) is 17.3 Å². The molecular formula is C22H22ClN3O2. The predicted octanol–water partition coefficient (Wildman–Crippen LogP) is 4.77. The lowest BCUT2D eigenvalue weighted by Gasteiger charge is -2.11. The minimum absolute atomic E-state index is 0.195. The number of hydrogen-bond acceptors (Lipinski definition) is 4. The molecule has 2 N–H and O–H groups in total. The topological polar surface area (TPSA) is 63.2 Å². The highest BCUT2D eigenvalue weighted by atomic mass is 35.5. The van der Waals surface area contributed by atoms with Crippen LogP contribution in [0.2, 0.25) is 5.02 Å². The molecule has 0 aliphatic heterocycles. The fourth-order valence-electron chi connectivity index (χ4n) is 2.70. The van der Waals surface area contributed by atoms with Gasteiger partial charge in [-0.15, -0.1) is 0 Å². The molecule has 6 heteroatoms. The zero-order valence-electron chi connectivity index (χ0n) is 15.8. The van der Waals surface area contributed by atoms with Crippen LogP contribution in [0.3, 0.4) is 0 Å². The number of hydrogen-bond donors (Lipinski definition) is 2. The van der Waals surface area contributed by atoms with Gasteiger partial charge in [0.25, 0.3) is 5.91 Å². The Kier molecular flexibility index (Phi) is 6.50. The molecule has 0 aliphatic carbocycles. The third-order valence-electron chi connectivity index (χ3n) is 4.40. The molecule has 0 saturated carbocycles. The van der Waals surface area contributed by atoms with Crippen molar-refractivity contribution in [3.63, 3.8) is 0 Å². The van der Waals surface area contributed by atoms with Gasteiger partial charge in [0.1, 0.15) is 11.4 Å². The first-order valence-corrected chi connectivity index (χ1v) is 9.34. The standard InChI is InChI=1S/C22H22ClN3O2/c1-15-19(23)4-3-5-20(15)26-17-8-11-21(25-14-17)22(27)24-13-12-16-6-9-18(28-2)10-7-16/h3-11,14,26H,12-13H2,1-2H3,(H,24,27). The lowest BCUT2D eigenvalue weighted by atomic mass is 10.1. The molecule has 1 heterocycles. The maximum atomic E-state index is 12.3. The van der Waals surface area contributed by atoms with Crippen molar-refractivity contribution < 1.29 is 9.53 Å². The molecule has 1 aromatic heterocycles. The molecule has 3 rings (SSSR count). The average Bonchev–Trinajstić information content (AvgIpc) is 2.72. The highest BCUT2D eigenvalue weighted by Crippen LogP contribution is 2.25.